The number of nitrogens with one attached hydrogen (secondary N) is 1. The number of ether oxygens (including phenoxy) is 2. The monoisotopic (exact) mass is 415 g/mol. The lowest BCUT2D eigenvalue weighted by molar-refractivity contribution is -0.140. The van der Waals surface area contributed by atoms with Gasteiger partial charge in [-0.25, -0.2) is 0 Å². The minimum atomic E-state index is -0.139. The molecule has 2 aliphatic carbocycles. The zero-order valence-electron chi connectivity index (χ0n) is 18.6. The van der Waals surface area contributed by atoms with Gasteiger partial charge in [-0.2, -0.15) is 0 Å². The zero-order valence-corrected chi connectivity index (χ0v) is 18.6. The summed E-state index contributed by atoms with van der Waals surface area (Å²) in [5.74, 6) is 1.37. The molecule has 2 saturated carbocycles. The highest BCUT2D eigenvalue weighted by Crippen LogP contribution is 2.32. The molecular weight excluding hydrogens is 378 g/mol. The van der Waals surface area contributed by atoms with Gasteiger partial charge in [-0.1, -0.05) is 44.6 Å². The Hall–Kier alpha value is -2.04. The highest BCUT2D eigenvalue weighted by Gasteiger charge is 2.24. The Morgan fingerprint density at radius 2 is 1.60 bits per heavy atom. The number of carbonyl (C=O) groups is 2. The van der Waals surface area contributed by atoms with Gasteiger partial charge in [0.1, 0.15) is 0 Å². The van der Waals surface area contributed by atoms with Gasteiger partial charge in [0.2, 0.25) is 5.91 Å². The predicted octanol–water partition coefficient (Wildman–Crippen LogP) is 5.20. The number of hydrogen-bond acceptors (Lipinski definition) is 4. The average Bonchev–Trinajstić information content (AvgIpc) is 2.79. The van der Waals surface area contributed by atoms with Crippen LogP contribution >= 0.6 is 0 Å². The van der Waals surface area contributed by atoms with Crippen LogP contribution in [0.4, 0.5) is 0 Å². The van der Waals surface area contributed by atoms with Crippen molar-refractivity contribution < 1.29 is 19.1 Å². The minimum Gasteiger partial charge on any atom is -0.493 e. The molecule has 1 atom stereocenters. The number of aryl methyl sites for hydroxylation is 1. The molecule has 30 heavy (non-hydrogen) atoms. The van der Waals surface area contributed by atoms with Crippen molar-refractivity contribution in [3.63, 3.8) is 0 Å². The summed E-state index contributed by atoms with van der Waals surface area (Å²) in [6, 6.07) is 5.90. The van der Waals surface area contributed by atoms with Crippen molar-refractivity contribution in [3.05, 3.63) is 23.8 Å². The number of amides is 1. The van der Waals surface area contributed by atoms with Crippen LogP contribution in [0.5, 0.6) is 11.5 Å². The number of rotatable bonds is 8. The predicted molar refractivity (Wildman–Crippen MR) is 118 cm³/mol. The first-order valence-electron chi connectivity index (χ1n) is 11.8. The summed E-state index contributed by atoms with van der Waals surface area (Å²) < 4.78 is 11.1. The van der Waals surface area contributed by atoms with E-state index in [-0.39, 0.29) is 29.8 Å². The Labute approximate surface area is 180 Å². The molecule has 0 aliphatic heterocycles. The van der Waals surface area contributed by atoms with Gasteiger partial charge in [0.25, 0.3) is 0 Å². The Balaban J connectivity index is 1.50. The summed E-state index contributed by atoms with van der Waals surface area (Å²) in [5.41, 5.74) is 1.11. The fourth-order valence-electron chi connectivity index (χ4n) is 4.66. The maximum Gasteiger partial charge on any atom is 0.314 e. The van der Waals surface area contributed by atoms with E-state index in [1.165, 1.54) is 25.7 Å². The number of carbonyl (C=O) groups excluding carboxylic acids is 2. The smallest absolute Gasteiger partial charge is 0.314 e. The molecule has 2 fully saturated rings. The normalized spacial score (nSPS) is 19.1. The van der Waals surface area contributed by atoms with E-state index in [9.17, 15) is 9.59 Å². The van der Waals surface area contributed by atoms with E-state index in [1.807, 2.05) is 18.2 Å². The van der Waals surface area contributed by atoms with Crippen LogP contribution < -0.4 is 14.8 Å². The highest BCUT2D eigenvalue weighted by molar-refractivity contribution is 5.79. The van der Waals surface area contributed by atoms with Crippen molar-refractivity contribution >= 4 is 11.9 Å². The zero-order chi connectivity index (χ0) is 21.3. The first kappa shape index (κ1) is 22.6. The summed E-state index contributed by atoms with van der Waals surface area (Å²) in [6.45, 7) is 2.07. The molecule has 0 heterocycles. The third kappa shape index (κ3) is 6.48. The fourth-order valence-corrected chi connectivity index (χ4v) is 4.66. The second-order valence-corrected chi connectivity index (χ2v) is 9.02. The van der Waals surface area contributed by atoms with Crippen molar-refractivity contribution in [2.75, 3.05) is 7.11 Å². The summed E-state index contributed by atoms with van der Waals surface area (Å²) in [7, 11) is 1.60. The molecule has 0 saturated heterocycles. The molecule has 5 heteroatoms. The summed E-state index contributed by atoms with van der Waals surface area (Å²) in [5, 5.41) is 3.18. The quantitative estimate of drug-likeness (QED) is 0.468. The van der Waals surface area contributed by atoms with Crippen LogP contribution in [0.3, 0.4) is 0 Å². The molecule has 2 aliphatic rings. The fraction of sp³-hybridized carbons (Fsp3) is 0.680. The molecule has 0 bridgehead atoms. The minimum absolute atomic E-state index is 0.0109. The molecule has 3 rings (SSSR count). The van der Waals surface area contributed by atoms with Gasteiger partial charge in [0.15, 0.2) is 11.5 Å². The van der Waals surface area contributed by atoms with E-state index in [4.69, 9.17) is 9.47 Å². The SMILES string of the molecule is COc1cc(CC[C@@H](C)NC(=O)C2CCCCC2)ccc1OC(=O)C1CCCCC1. The topological polar surface area (TPSA) is 64.6 Å². The molecule has 166 valence electrons. The molecule has 5 nitrogen and oxygen atoms in total. The third-order valence-electron chi connectivity index (χ3n) is 6.61. The molecule has 0 aromatic heterocycles. The van der Waals surface area contributed by atoms with Crippen molar-refractivity contribution in [3.8, 4) is 11.5 Å². The first-order chi connectivity index (χ1) is 14.6. The van der Waals surface area contributed by atoms with Gasteiger partial charge in [0, 0.05) is 12.0 Å². The van der Waals surface area contributed by atoms with Crippen LogP contribution in [0.2, 0.25) is 0 Å². The maximum absolute atomic E-state index is 12.5. The molecule has 1 aromatic carbocycles. The Bertz CT molecular complexity index is 705. The lowest BCUT2D eigenvalue weighted by Gasteiger charge is -2.23. The number of methoxy groups -OCH3 is 1. The summed E-state index contributed by atoms with van der Waals surface area (Å²) in [6.07, 6.45) is 12.6. The molecule has 0 unspecified atom stereocenters. The maximum atomic E-state index is 12.5. The van der Waals surface area contributed by atoms with Crippen LogP contribution in [0.25, 0.3) is 0 Å². The van der Waals surface area contributed by atoms with Gasteiger partial charge in [-0.05, 0) is 63.1 Å². The largest absolute Gasteiger partial charge is 0.493 e. The number of esters is 1. The van der Waals surface area contributed by atoms with E-state index in [2.05, 4.69) is 12.2 Å². The van der Waals surface area contributed by atoms with Crippen LogP contribution in [0, 0.1) is 11.8 Å². The summed E-state index contributed by atoms with van der Waals surface area (Å²) >= 11 is 0. The molecule has 0 radical (unpaired) electrons. The molecular formula is C25H37NO4. The third-order valence-corrected chi connectivity index (χ3v) is 6.61. The van der Waals surface area contributed by atoms with Crippen molar-refractivity contribution in [1.29, 1.82) is 0 Å². The number of benzene rings is 1. The van der Waals surface area contributed by atoms with E-state index < -0.39 is 0 Å². The highest BCUT2D eigenvalue weighted by atomic mass is 16.6. The molecule has 1 aromatic rings. The van der Waals surface area contributed by atoms with Crippen LogP contribution in [0.15, 0.2) is 18.2 Å². The second-order valence-electron chi connectivity index (χ2n) is 9.02. The lowest BCUT2D eigenvalue weighted by atomic mass is 9.88. The lowest BCUT2D eigenvalue weighted by Crippen LogP contribution is -2.38. The van der Waals surface area contributed by atoms with Crippen LogP contribution in [-0.4, -0.2) is 25.0 Å². The Kier molecular flexibility index (Phi) is 8.59. The second kappa shape index (κ2) is 11.4. The van der Waals surface area contributed by atoms with Crippen LogP contribution in [-0.2, 0) is 16.0 Å². The Morgan fingerprint density at radius 3 is 2.23 bits per heavy atom. The molecule has 0 spiro atoms. The molecule has 1 N–H and O–H groups in total. The van der Waals surface area contributed by atoms with E-state index in [1.54, 1.807) is 7.11 Å². The van der Waals surface area contributed by atoms with Gasteiger partial charge in [-0.15, -0.1) is 0 Å². The van der Waals surface area contributed by atoms with E-state index >= 15 is 0 Å². The van der Waals surface area contributed by atoms with Crippen molar-refractivity contribution in [2.24, 2.45) is 11.8 Å². The van der Waals surface area contributed by atoms with Gasteiger partial charge < -0.3 is 14.8 Å². The van der Waals surface area contributed by atoms with Crippen LogP contribution in [0.1, 0.15) is 83.1 Å². The van der Waals surface area contributed by atoms with Gasteiger partial charge in [-0.3, -0.25) is 9.59 Å². The van der Waals surface area contributed by atoms with Crippen molar-refractivity contribution in [2.45, 2.75) is 90.0 Å². The summed E-state index contributed by atoms with van der Waals surface area (Å²) in [4.78, 5) is 24.9. The Morgan fingerprint density at radius 1 is 0.967 bits per heavy atom. The first-order valence-corrected chi connectivity index (χ1v) is 11.8. The standard InChI is InChI=1S/C25H37NO4/c1-18(26-24(27)20-9-5-3-6-10-20)13-14-19-15-16-22(23(17-19)29-2)30-25(28)21-11-7-4-8-12-21/h15-18,20-21H,3-14H2,1-2H3,(H,26,27)/t18-/m1/s1. The van der Waals surface area contributed by atoms with Gasteiger partial charge >= 0.3 is 5.97 Å². The van der Waals surface area contributed by atoms with Crippen molar-refractivity contribution in [1.82, 2.24) is 5.32 Å². The van der Waals surface area contributed by atoms with E-state index in [0.717, 1.165) is 56.9 Å². The van der Waals surface area contributed by atoms with E-state index in [0.29, 0.717) is 11.5 Å². The average molecular weight is 416 g/mol. The molecule has 1 amide bonds. The number of hydrogen-bond donors (Lipinski definition) is 1. The van der Waals surface area contributed by atoms with Gasteiger partial charge in [0.05, 0.1) is 13.0 Å².